The van der Waals surface area contributed by atoms with Crippen molar-refractivity contribution in [3.8, 4) is 5.82 Å². The number of nitrogens with zero attached hydrogens (tertiary/aromatic N) is 3. The van der Waals surface area contributed by atoms with Crippen molar-refractivity contribution < 1.29 is 13.9 Å². The summed E-state index contributed by atoms with van der Waals surface area (Å²) in [4.78, 5) is 21.3. The van der Waals surface area contributed by atoms with Crippen LogP contribution in [-0.2, 0) is 4.74 Å². The van der Waals surface area contributed by atoms with E-state index in [1.54, 1.807) is 43.7 Å². The molecule has 1 unspecified atom stereocenters. The molecular formula is C20H23FN4O2. The number of fused-ring (bicyclic) bond motifs is 1. The van der Waals surface area contributed by atoms with Gasteiger partial charge in [0.1, 0.15) is 23.1 Å². The topological polar surface area (TPSA) is 69.0 Å². The highest BCUT2D eigenvalue weighted by atomic mass is 19.1. The van der Waals surface area contributed by atoms with Crippen LogP contribution in [0.5, 0.6) is 0 Å². The number of pyridine rings is 1. The first-order chi connectivity index (χ1) is 12.8. The monoisotopic (exact) mass is 370 g/mol. The zero-order chi connectivity index (χ0) is 19.6. The third kappa shape index (κ3) is 4.24. The molecule has 0 saturated carbocycles. The van der Waals surface area contributed by atoms with Gasteiger partial charge in [-0.15, -0.1) is 0 Å². The van der Waals surface area contributed by atoms with Crippen LogP contribution in [0.4, 0.5) is 9.18 Å². The number of hydrogen-bond donors (Lipinski definition) is 1. The molecule has 3 aromatic rings. The number of alkyl carbamates (subject to hydrolysis) is 1. The normalized spacial score (nSPS) is 12.8. The van der Waals surface area contributed by atoms with Crippen LogP contribution in [-0.4, -0.2) is 26.2 Å². The van der Waals surface area contributed by atoms with Gasteiger partial charge in [0.15, 0.2) is 0 Å². The molecule has 1 atom stereocenters. The van der Waals surface area contributed by atoms with Gasteiger partial charge in [0.2, 0.25) is 0 Å². The molecule has 0 spiro atoms. The summed E-state index contributed by atoms with van der Waals surface area (Å²) < 4.78 is 21.0. The van der Waals surface area contributed by atoms with Crippen LogP contribution >= 0.6 is 0 Å². The summed E-state index contributed by atoms with van der Waals surface area (Å²) >= 11 is 0. The number of amides is 1. The Kier molecular flexibility index (Phi) is 5.12. The van der Waals surface area contributed by atoms with E-state index in [0.29, 0.717) is 29.1 Å². The highest BCUT2D eigenvalue weighted by Gasteiger charge is 2.25. The molecule has 0 radical (unpaired) electrons. The van der Waals surface area contributed by atoms with Gasteiger partial charge >= 0.3 is 6.09 Å². The lowest BCUT2D eigenvalue weighted by molar-refractivity contribution is 0.0499. The number of carbonyl (C=O) groups excluding carboxylic acids is 1. The molecule has 2 aromatic heterocycles. The van der Waals surface area contributed by atoms with Gasteiger partial charge < -0.3 is 10.1 Å². The lowest BCUT2D eigenvalue weighted by atomic mass is 10.2. The summed E-state index contributed by atoms with van der Waals surface area (Å²) in [5.74, 6) is 0.812. The van der Waals surface area contributed by atoms with E-state index in [-0.39, 0.29) is 5.82 Å². The van der Waals surface area contributed by atoms with Gasteiger partial charge in [0.25, 0.3) is 0 Å². The van der Waals surface area contributed by atoms with E-state index in [4.69, 9.17) is 4.74 Å². The van der Waals surface area contributed by atoms with Gasteiger partial charge in [-0.3, -0.25) is 4.57 Å². The molecule has 0 bridgehead atoms. The Hall–Kier alpha value is -2.96. The molecular weight excluding hydrogens is 347 g/mol. The van der Waals surface area contributed by atoms with Crippen LogP contribution in [0.2, 0.25) is 0 Å². The van der Waals surface area contributed by atoms with E-state index in [2.05, 4.69) is 15.3 Å². The summed E-state index contributed by atoms with van der Waals surface area (Å²) in [6.45, 7) is 7.35. The zero-order valence-electron chi connectivity index (χ0n) is 15.9. The second kappa shape index (κ2) is 7.34. The Morgan fingerprint density at radius 1 is 1.30 bits per heavy atom. The molecule has 142 valence electrons. The average molecular weight is 370 g/mol. The third-order valence-electron chi connectivity index (χ3n) is 3.93. The molecule has 27 heavy (non-hydrogen) atoms. The van der Waals surface area contributed by atoms with Crippen molar-refractivity contribution in [3.63, 3.8) is 0 Å². The fraction of sp³-hybridized carbons (Fsp3) is 0.350. The molecule has 0 saturated heterocycles. The molecule has 2 heterocycles. The van der Waals surface area contributed by atoms with Gasteiger partial charge in [-0.25, -0.2) is 19.2 Å². The Balaban J connectivity index is 2.08. The molecule has 6 nitrogen and oxygen atoms in total. The maximum atomic E-state index is 13.9. The number of halogens is 1. The molecule has 1 aromatic carbocycles. The van der Waals surface area contributed by atoms with Crippen molar-refractivity contribution in [1.82, 2.24) is 19.9 Å². The zero-order valence-corrected chi connectivity index (χ0v) is 15.9. The summed E-state index contributed by atoms with van der Waals surface area (Å²) in [7, 11) is 0. The highest BCUT2D eigenvalue weighted by Crippen LogP contribution is 2.27. The first-order valence-corrected chi connectivity index (χ1v) is 8.87. The highest BCUT2D eigenvalue weighted by molar-refractivity contribution is 5.78. The molecule has 1 N–H and O–H groups in total. The molecule has 0 fully saturated rings. The van der Waals surface area contributed by atoms with Crippen LogP contribution in [0.15, 0.2) is 42.6 Å². The van der Waals surface area contributed by atoms with Gasteiger partial charge in [0, 0.05) is 12.3 Å². The van der Waals surface area contributed by atoms with Crippen molar-refractivity contribution in [2.45, 2.75) is 45.8 Å². The SMILES string of the molecule is CCC(NC(=O)OC(C)(C)C)c1nc2ccc(F)cc2n1-c1ccccn1. The smallest absolute Gasteiger partial charge is 0.408 e. The number of hydrogen-bond acceptors (Lipinski definition) is 4. The minimum Gasteiger partial charge on any atom is -0.444 e. The van der Waals surface area contributed by atoms with Gasteiger partial charge in [-0.05, 0) is 51.5 Å². The predicted octanol–water partition coefficient (Wildman–Crippen LogP) is 4.54. The molecule has 0 aliphatic heterocycles. The fourth-order valence-electron chi connectivity index (χ4n) is 2.83. The van der Waals surface area contributed by atoms with Crippen molar-refractivity contribution in [2.24, 2.45) is 0 Å². The minimum atomic E-state index is -0.605. The molecule has 1 amide bonds. The summed E-state index contributed by atoms with van der Waals surface area (Å²) in [5.41, 5.74) is 0.613. The van der Waals surface area contributed by atoms with Crippen LogP contribution in [0.1, 0.15) is 46.0 Å². The van der Waals surface area contributed by atoms with Crippen LogP contribution in [0.25, 0.3) is 16.9 Å². The van der Waals surface area contributed by atoms with Gasteiger partial charge in [-0.1, -0.05) is 13.0 Å². The quantitative estimate of drug-likeness (QED) is 0.732. The maximum Gasteiger partial charge on any atom is 0.408 e. The van der Waals surface area contributed by atoms with E-state index in [9.17, 15) is 9.18 Å². The van der Waals surface area contributed by atoms with E-state index >= 15 is 0 Å². The van der Waals surface area contributed by atoms with Crippen LogP contribution < -0.4 is 5.32 Å². The standard InChI is InChI=1S/C20H23FN4O2/c1-5-14(24-19(26)27-20(2,3)4)18-23-15-10-9-13(21)12-16(15)25(18)17-8-6-7-11-22-17/h6-12,14H,5H2,1-4H3,(H,24,26). The number of carbonyl (C=O) groups is 1. The second-order valence-electron chi connectivity index (χ2n) is 7.23. The Bertz CT molecular complexity index is 948. The van der Waals surface area contributed by atoms with Crippen molar-refractivity contribution >= 4 is 17.1 Å². The van der Waals surface area contributed by atoms with Crippen LogP contribution in [0, 0.1) is 5.82 Å². The first-order valence-electron chi connectivity index (χ1n) is 8.87. The summed E-state index contributed by atoms with van der Waals surface area (Å²) in [5, 5.41) is 2.86. The van der Waals surface area contributed by atoms with Crippen LogP contribution in [0.3, 0.4) is 0 Å². The number of aromatic nitrogens is 3. The molecule has 7 heteroatoms. The molecule has 0 aliphatic carbocycles. The lowest BCUT2D eigenvalue weighted by Gasteiger charge is -2.23. The number of ether oxygens (including phenoxy) is 1. The van der Waals surface area contributed by atoms with Gasteiger partial charge in [0.05, 0.1) is 17.1 Å². The molecule has 0 aliphatic rings. The lowest BCUT2D eigenvalue weighted by Crippen LogP contribution is -2.35. The largest absolute Gasteiger partial charge is 0.444 e. The number of nitrogens with one attached hydrogen (secondary N) is 1. The number of imidazole rings is 1. The molecule has 3 rings (SSSR count). The third-order valence-corrected chi connectivity index (χ3v) is 3.93. The van der Waals surface area contributed by atoms with Crippen molar-refractivity contribution in [1.29, 1.82) is 0 Å². The minimum absolute atomic E-state index is 0.362. The Labute approximate surface area is 157 Å². The Morgan fingerprint density at radius 2 is 2.07 bits per heavy atom. The first kappa shape index (κ1) is 18.8. The summed E-state index contributed by atoms with van der Waals surface area (Å²) in [6.07, 6.45) is 1.71. The van der Waals surface area contributed by atoms with E-state index in [0.717, 1.165) is 0 Å². The van der Waals surface area contributed by atoms with Crippen molar-refractivity contribution in [3.05, 3.63) is 54.2 Å². The van der Waals surface area contributed by atoms with Crippen molar-refractivity contribution in [2.75, 3.05) is 0 Å². The summed E-state index contributed by atoms with van der Waals surface area (Å²) in [6, 6.07) is 9.45. The number of benzene rings is 1. The van der Waals surface area contributed by atoms with E-state index in [1.165, 1.54) is 12.1 Å². The maximum absolute atomic E-state index is 13.9. The van der Waals surface area contributed by atoms with E-state index in [1.807, 2.05) is 19.1 Å². The van der Waals surface area contributed by atoms with E-state index < -0.39 is 17.7 Å². The predicted molar refractivity (Wildman–Crippen MR) is 101 cm³/mol. The fourth-order valence-corrected chi connectivity index (χ4v) is 2.83. The average Bonchev–Trinajstić information content (AvgIpc) is 2.97. The number of rotatable bonds is 4. The Morgan fingerprint density at radius 3 is 2.70 bits per heavy atom. The van der Waals surface area contributed by atoms with Gasteiger partial charge in [-0.2, -0.15) is 0 Å². The second-order valence-corrected chi connectivity index (χ2v) is 7.23.